The molecule has 1 aromatic heterocycles. The third-order valence-corrected chi connectivity index (χ3v) is 4.02. The second-order valence-electron chi connectivity index (χ2n) is 4.43. The zero-order chi connectivity index (χ0) is 12.3. The maximum absolute atomic E-state index is 11.9. The Kier molecular flexibility index (Phi) is 3.46. The number of nitrogens with one attached hydrogen (secondary N) is 1. The quantitative estimate of drug-likeness (QED) is 0.841. The van der Waals surface area contributed by atoms with Crippen molar-refractivity contribution in [3.8, 4) is 6.07 Å². The Balaban J connectivity index is 1.89. The normalized spacial score (nSPS) is 18.8. The standard InChI is InChI=1S/C12H15N3OS/c13-8-12(4-2-5-12)15-11(16)10(14)7-9-3-1-6-17-9/h1,3,6,10H,2,4-5,7,14H2,(H,15,16)/t10-/m0/s1. The molecule has 0 radical (unpaired) electrons. The lowest BCUT2D eigenvalue weighted by Crippen LogP contribution is -2.56. The van der Waals surface area contributed by atoms with Crippen LogP contribution in [0.4, 0.5) is 0 Å². The van der Waals surface area contributed by atoms with Crippen molar-refractivity contribution in [1.29, 1.82) is 5.26 Å². The van der Waals surface area contributed by atoms with Crippen molar-refractivity contribution in [1.82, 2.24) is 5.32 Å². The maximum atomic E-state index is 11.9. The average molecular weight is 249 g/mol. The summed E-state index contributed by atoms with van der Waals surface area (Å²) in [6.07, 6.45) is 3.00. The summed E-state index contributed by atoms with van der Waals surface area (Å²) in [5.74, 6) is -0.223. The van der Waals surface area contributed by atoms with E-state index in [1.54, 1.807) is 11.3 Å². The number of nitriles is 1. The summed E-state index contributed by atoms with van der Waals surface area (Å²) in [6, 6.07) is 5.50. The molecule has 5 heteroatoms. The van der Waals surface area contributed by atoms with Gasteiger partial charge in [-0.05, 0) is 30.7 Å². The number of hydrogen-bond acceptors (Lipinski definition) is 4. The zero-order valence-corrected chi connectivity index (χ0v) is 10.3. The molecule has 90 valence electrons. The second-order valence-corrected chi connectivity index (χ2v) is 5.46. The van der Waals surface area contributed by atoms with Crippen molar-refractivity contribution < 1.29 is 4.79 Å². The van der Waals surface area contributed by atoms with Crippen molar-refractivity contribution in [2.45, 2.75) is 37.3 Å². The first kappa shape index (κ1) is 12.1. The molecule has 0 bridgehead atoms. The Morgan fingerprint density at radius 2 is 2.47 bits per heavy atom. The molecule has 1 aromatic rings. The van der Waals surface area contributed by atoms with Crippen LogP contribution in [-0.4, -0.2) is 17.5 Å². The van der Waals surface area contributed by atoms with E-state index >= 15 is 0 Å². The lowest BCUT2D eigenvalue weighted by atomic mass is 9.78. The summed E-state index contributed by atoms with van der Waals surface area (Å²) in [4.78, 5) is 12.9. The van der Waals surface area contributed by atoms with Gasteiger partial charge in [-0.2, -0.15) is 5.26 Å². The second kappa shape index (κ2) is 4.86. The van der Waals surface area contributed by atoms with Gasteiger partial charge in [0.15, 0.2) is 0 Å². The highest BCUT2D eigenvalue weighted by atomic mass is 32.1. The van der Waals surface area contributed by atoms with Gasteiger partial charge in [-0.3, -0.25) is 4.79 Å². The SMILES string of the molecule is N#CC1(NC(=O)[C@@H](N)Cc2cccs2)CCC1. The van der Waals surface area contributed by atoms with E-state index in [4.69, 9.17) is 11.0 Å². The molecule has 1 aliphatic rings. The van der Waals surface area contributed by atoms with Gasteiger partial charge in [-0.25, -0.2) is 0 Å². The van der Waals surface area contributed by atoms with Gasteiger partial charge in [-0.1, -0.05) is 6.07 Å². The molecule has 2 rings (SSSR count). The van der Waals surface area contributed by atoms with Crippen LogP contribution in [0.25, 0.3) is 0 Å². The van der Waals surface area contributed by atoms with Crippen molar-refractivity contribution >= 4 is 17.2 Å². The third kappa shape index (κ3) is 2.65. The first-order chi connectivity index (χ1) is 8.15. The van der Waals surface area contributed by atoms with Crippen molar-refractivity contribution in [3.05, 3.63) is 22.4 Å². The van der Waals surface area contributed by atoms with Crippen LogP contribution >= 0.6 is 11.3 Å². The molecule has 1 saturated carbocycles. The molecule has 0 saturated heterocycles. The van der Waals surface area contributed by atoms with Gasteiger partial charge in [-0.15, -0.1) is 11.3 Å². The fourth-order valence-electron chi connectivity index (χ4n) is 1.86. The summed E-state index contributed by atoms with van der Waals surface area (Å²) in [7, 11) is 0. The Morgan fingerprint density at radius 1 is 1.71 bits per heavy atom. The van der Waals surface area contributed by atoms with Gasteiger partial charge >= 0.3 is 0 Å². The molecular weight excluding hydrogens is 234 g/mol. The number of rotatable bonds is 4. The fourth-order valence-corrected chi connectivity index (χ4v) is 2.63. The third-order valence-electron chi connectivity index (χ3n) is 3.12. The van der Waals surface area contributed by atoms with Crippen LogP contribution in [0, 0.1) is 11.3 Å². The predicted molar refractivity (Wildman–Crippen MR) is 66.3 cm³/mol. The van der Waals surface area contributed by atoms with Crippen molar-refractivity contribution in [3.63, 3.8) is 0 Å². The fraction of sp³-hybridized carbons (Fsp3) is 0.500. The van der Waals surface area contributed by atoms with E-state index in [2.05, 4.69) is 11.4 Å². The zero-order valence-electron chi connectivity index (χ0n) is 9.48. The van der Waals surface area contributed by atoms with E-state index in [9.17, 15) is 4.79 Å². The van der Waals surface area contributed by atoms with Gasteiger partial charge in [0.2, 0.25) is 5.91 Å². The minimum Gasteiger partial charge on any atom is -0.336 e. The molecule has 17 heavy (non-hydrogen) atoms. The minimum absolute atomic E-state index is 0.223. The number of thiophene rings is 1. The number of nitrogens with zero attached hydrogens (tertiary/aromatic N) is 1. The number of hydrogen-bond donors (Lipinski definition) is 2. The van der Waals surface area contributed by atoms with E-state index < -0.39 is 11.6 Å². The smallest absolute Gasteiger partial charge is 0.238 e. The molecule has 0 aromatic carbocycles. The molecule has 1 aliphatic carbocycles. The van der Waals surface area contributed by atoms with Gasteiger partial charge in [0, 0.05) is 11.3 Å². The summed E-state index contributed by atoms with van der Waals surface area (Å²) in [5.41, 5.74) is 5.19. The average Bonchev–Trinajstić information content (AvgIpc) is 2.75. The van der Waals surface area contributed by atoms with Gasteiger partial charge in [0.25, 0.3) is 0 Å². The number of nitrogens with two attached hydrogens (primary N) is 1. The Bertz CT molecular complexity index is 431. The molecule has 1 atom stereocenters. The summed E-state index contributed by atoms with van der Waals surface area (Å²) >= 11 is 1.59. The van der Waals surface area contributed by atoms with Gasteiger partial charge < -0.3 is 11.1 Å². The van der Waals surface area contributed by atoms with Crippen molar-refractivity contribution in [2.75, 3.05) is 0 Å². The topological polar surface area (TPSA) is 78.9 Å². The molecule has 3 N–H and O–H groups in total. The molecular formula is C12H15N3OS. The van der Waals surface area contributed by atoms with Crippen LogP contribution in [0.5, 0.6) is 0 Å². The van der Waals surface area contributed by atoms with E-state index in [1.807, 2.05) is 17.5 Å². The van der Waals surface area contributed by atoms with Crippen LogP contribution in [0.2, 0.25) is 0 Å². The maximum Gasteiger partial charge on any atom is 0.238 e. The first-order valence-corrected chi connectivity index (χ1v) is 6.54. The molecule has 4 nitrogen and oxygen atoms in total. The highest BCUT2D eigenvalue weighted by Gasteiger charge is 2.39. The van der Waals surface area contributed by atoms with E-state index in [1.165, 1.54) is 0 Å². The Hall–Kier alpha value is -1.38. The molecule has 1 amide bonds. The summed E-state index contributed by atoms with van der Waals surface area (Å²) < 4.78 is 0. The van der Waals surface area contributed by atoms with Crippen LogP contribution in [-0.2, 0) is 11.2 Å². The van der Waals surface area contributed by atoms with E-state index in [0.29, 0.717) is 6.42 Å². The lowest BCUT2D eigenvalue weighted by Gasteiger charge is -2.36. The van der Waals surface area contributed by atoms with Crippen LogP contribution in [0.15, 0.2) is 17.5 Å². The molecule has 0 spiro atoms. The number of amides is 1. The number of carbonyl (C=O) groups is 1. The molecule has 1 heterocycles. The predicted octanol–water partition coefficient (Wildman–Crippen LogP) is 1.18. The monoisotopic (exact) mass is 249 g/mol. The largest absolute Gasteiger partial charge is 0.336 e. The molecule has 1 fully saturated rings. The minimum atomic E-state index is -0.649. The molecule has 0 aliphatic heterocycles. The Morgan fingerprint density at radius 3 is 2.94 bits per heavy atom. The van der Waals surface area contributed by atoms with Crippen molar-refractivity contribution in [2.24, 2.45) is 5.73 Å². The Labute approximate surface area is 104 Å². The van der Waals surface area contributed by atoms with Gasteiger partial charge in [0.1, 0.15) is 5.54 Å². The van der Waals surface area contributed by atoms with Crippen LogP contribution in [0.1, 0.15) is 24.1 Å². The summed E-state index contributed by atoms with van der Waals surface area (Å²) in [6.45, 7) is 0. The molecule has 0 unspecified atom stereocenters. The van der Waals surface area contributed by atoms with E-state index in [0.717, 1.165) is 24.1 Å². The van der Waals surface area contributed by atoms with Gasteiger partial charge in [0.05, 0.1) is 12.1 Å². The highest BCUT2D eigenvalue weighted by Crippen LogP contribution is 2.30. The van der Waals surface area contributed by atoms with E-state index in [-0.39, 0.29) is 5.91 Å². The summed E-state index contributed by atoms with van der Waals surface area (Å²) in [5, 5.41) is 13.8. The van der Waals surface area contributed by atoms with Crippen LogP contribution < -0.4 is 11.1 Å². The number of carbonyl (C=O) groups excluding carboxylic acids is 1. The first-order valence-electron chi connectivity index (χ1n) is 5.66. The van der Waals surface area contributed by atoms with Crippen LogP contribution in [0.3, 0.4) is 0 Å². The highest BCUT2D eigenvalue weighted by molar-refractivity contribution is 7.09. The lowest BCUT2D eigenvalue weighted by molar-refractivity contribution is -0.124.